The number of quaternary nitrogens is 1. The van der Waals surface area contributed by atoms with E-state index in [0.717, 1.165) is 6.07 Å². The fourth-order valence-corrected chi connectivity index (χ4v) is 2.03. The predicted octanol–water partition coefficient (Wildman–Crippen LogP) is 1.32. The van der Waals surface area contributed by atoms with Crippen LogP contribution in [0.4, 0.5) is 4.39 Å². The van der Waals surface area contributed by atoms with E-state index in [1.54, 1.807) is 18.2 Å². The number of amides is 1. The molecule has 1 aliphatic rings. The van der Waals surface area contributed by atoms with E-state index in [1.807, 2.05) is 0 Å². The van der Waals surface area contributed by atoms with E-state index in [2.05, 4.69) is 10.1 Å². The summed E-state index contributed by atoms with van der Waals surface area (Å²) in [5.74, 6) is 3.85. The Balaban J connectivity index is 2.23. The number of hydroxylamine groups is 1. The van der Waals surface area contributed by atoms with E-state index in [9.17, 15) is 14.4 Å². The quantitative estimate of drug-likeness (QED) is 0.278. The van der Waals surface area contributed by atoms with Crippen LogP contribution in [0.1, 0.15) is 21.5 Å². The highest BCUT2D eigenvalue weighted by molar-refractivity contribution is 6.18. The van der Waals surface area contributed by atoms with Crippen LogP contribution in [0.25, 0.3) is 0 Å². The minimum atomic E-state index is -1.87. The molecule has 1 aliphatic heterocycles. The molecule has 3 rings (SSSR count). The first-order valence-electron chi connectivity index (χ1n) is 5.74. The molecule has 20 heavy (non-hydrogen) atoms. The van der Waals surface area contributed by atoms with E-state index in [0.29, 0.717) is 11.1 Å². The lowest BCUT2D eigenvalue weighted by molar-refractivity contribution is -0.817. The number of benzene rings is 1. The maximum absolute atomic E-state index is 12.9. The maximum Gasteiger partial charge on any atom is 0.392 e. The van der Waals surface area contributed by atoms with Gasteiger partial charge in [0.1, 0.15) is 5.71 Å². The summed E-state index contributed by atoms with van der Waals surface area (Å²) in [5, 5.41) is 15.7. The molecule has 2 N–H and O–H groups in total. The number of hydrogen-bond acceptors (Lipinski definition) is 5. The molecule has 1 unspecified atom stereocenters. The Hall–Kier alpha value is -2.48. The van der Waals surface area contributed by atoms with Crippen molar-refractivity contribution in [3.8, 4) is 0 Å². The first-order valence-corrected chi connectivity index (χ1v) is 5.74. The van der Waals surface area contributed by atoms with Gasteiger partial charge in [-0.05, 0) is 18.2 Å². The van der Waals surface area contributed by atoms with Gasteiger partial charge in [0.05, 0.1) is 5.56 Å². The zero-order valence-electron chi connectivity index (χ0n) is 10.2. The molecular weight excluding hydrogens is 263 g/mol. The molecule has 1 aromatic heterocycles. The number of fused-ring (bicyclic) bond motifs is 1. The molecule has 2 aromatic rings. The third-order valence-electron chi connectivity index (χ3n) is 2.95. The highest BCUT2D eigenvalue weighted by atomic mass is 19.1. The van der Waals surface area contributed by atoms with E-state index >= 15 is 0 Å². The Morgan fingerprint density at radius 1 is 1.15 bits per heavy atom. The van der Waals surface area contributed by atoms with Crippen molar-refractivity contribution < 1.29 is 14.0 Å². The second-order valence-electron chi connectivity index (χ2n) is 4.29. The molecular formula is C13H9FN4O2. The molecule has 0 aliphatic carbocycles. The van der Waals surface area contributed by atoms with Crippen LogP contribution < -0.4 is 5.84 Å². The van der Waals surface area contributed by atoms with Gasteiger partial charge in [0.2, 0.25) is 5.95 Å². The van der Waals surface area contributed by atoms with Crippen molar-refractivity contribution in [1.29, 1.82) is 0 Å². The summed E-state index contributed by atoms with van der Waals surface area (Å²) in [5.41, 5.74) is 1.28. The van der Waals surface area contributed by atoms with Crippen LogP contribution in [-0.4, -0.2) is 21.5 Å². The third kappa shape index (κ3) is 1.90. The molecule has 0 bridgehead atoms. The molecule has 1 amide bonds. The Kier molecular flexibility index (Phi) is 2.68. The molecule has 2 heterocycles. The average molecular weight is 272 g/mol. The standard InChI is InChI=1S/C13H9FN4O2/c14-11-6-5-8(7-16-11)12-9-3-1-2-4-10(9)13(19)18(15,20)17-12/h1-7H,15H2. The van der Waals surface area contributed by atoms with Gasteiger partial charge in [0.15, 0.2) is 0 Å². The summed E-state index contributed by atoms with van der Waals surface area (Å²) in [7, 11) is 0. The van der Waals surface area contributed by atoms with Gasteiger partial charge >= 0.3 is 5.91 Å². The highest BCUT2D eigenvalue weighted by Gasteiger charge is 2.36. The molecule has 1 atom stereocenters. The molecule has 100 valence electrons. The van der Waals surface area contributed by atoms with Gasteiger partial charge in [-0.15, -0.1) is 5.84 Å². The van der Waals surface area contributed by atoms with Crippen LogP contribution in [0.5, 0.6) is 0 Å². The molecule has 0 saturated heterocycles. The maximum atomic E-state index is 12.9. The lowest BCUT2D eigenvalue weighted by Crippen LogP contribution is -2.52. The summed E-state index contributed by atoms with van der Waals surface area (Å²) < 4.78 is 12.9. The van der Waals surface area contributed by atoms with Gasteiger partial charge in [-0.3, -0.25) is 0 Å². The summed E-state index contributed by atoms with van der Waals surface area (Å²) in [6.07, 6.45) is 1.24. The molecule has 7 heteroatoms. The van der Waals surface area contributed by atoms with Gasteiger partial charge in [-0.2, -0.15) is 4.39 Å². The van der Waals surface area contributed by atoms with Crippen LogP contribution in [0.3, 0.4) is 0 Å². The van der Waals surface area contributed by atoms with E-state index < -0.39 is 16.7 Å². The van der Waals surface area contributed by atoms with Crippen LogP contribution in [0.15, 0.2) is 47.7 Å². The minimum absolute atomic E-state index is 0.180. The molecule has 1 aromatic carbocycles. The normalized spacial score (nSPS) is 21.4. The van der Waals surface area contributed by atoms with Crippen molar-refractivity contribution in [2.75, 3.05) is 0 Å². The van der Waals surface area contributed by atoms with Crippen LogP contribution in [0, 0.1) is 11.2 Å². The number of rotatable bonds is 1. The third-order valence-corrected chi connectivity index (χ3v) is 2.95. The number of aromatic nitrogens is 1. The zero-order chi connectivity index (χ0) is 14.3. The first-order chi connectivity index (χ1) is 9.49. The van der Waals surface area contributed by atoms with E-state index in [4.69, 9.17) is 5.84 Å². The molecule has 6 nitrogen and oxygen atoms in total. The van der Waals surface area contributed by atoms with Crippen LogP contribution in [-0.2, 0) is 0 Å². The largest absolute Gasteiger partial charge is 0.577 e. The van der Waals surface area contributed by atoms with Gasteiger partial charge in [0.25, 0.3) is 0 Å². The number of nitrogens with zero attached hydrogens (tertiary/aromatic N) is 3. The van der Waals surface area contributed by atoms with Crippen molar-refractivity contribution in [3.05, 3.63) is 70.4 Å². The topological polar surface area (TPSA) is 91.4 Å². The van der Waals surface area contributed by atoms with Gasteiger partial charge in [-0.1, -0.05) is 28.2 Å². The predicted molar refractivity (Wildman–Crippen MR) is 68.4 cm³/mol. The molecule has 0 fully saturated rings. The van der Waals surface area contributed by atoms with Crippen LogP contribution in [0.2, 0.25) is 0 Å². The van der Waals surface area contributed by atoms with Gasteiger partial charge in [-0.25, -0.2) is 9.78 Å². The second kappa shape index (κ2) is 4.27. The van der Waals surface area contributed by atoms with Crippen molar-refractivity contribution in [3.63, 3.8) is 0 Å². The Morgan fingerprint density at radius 2 is 1.85 bits per heavy atom. The summed E-state index contributed by atoms with van der Waals surface area (Å²) in [4.78, 5) is 13.6. The zero-order valence-corrected chi connectivity index (χ0v) is 10.2. The summed E-state index contributed by atoms with van der Waals surface area (Å²) >= 11 is 0. The number of hydrogen-bond donors (Lipinski definition) is 1. The fourth-order valence-electron chi connectivity index (χ4n) is 2.03. The fraction of sp³-hybridized carbons (Fsp3) is 0. The number of pyridine rings is 1. The van der Waals surface area contributed by atoms with Crippen molar-refractivity contribution in [2.45, 2.75) is 0 Å². The summed E-state index contributed by atoms with van der Waals surface area (Å²) in [6.45, 7) is 0. The monoisotopic (exact) mass is 272 g/mol. The lowest BCUT2D eigenvalue weighted by atomic mass is 9.97. The van der Waals surface area contributed by atoms with Crippen molar-refractivity contribution in [2.24, 2.45) is 10.9 Å². The van der Waals surface area contributed by atoms with E-state index in [-0.39, 0.29) is 11.3 Å². The van der Waals surface area contributed by atoms with Gasteiger partial charge in [0, 0.05) is 17.3 Å². The molecule has 0 radical (unpaired) electrons. The van der Waals surface area contributed by atoms with E-state index in [1.165, 1.54) is 18.3 Å². The summed E-state index contributed by atoms with van der Waals surface area (Å²) in [6, 6.07) is 9.05. The SMILES string of the molecule is N[N+]1([O-])N=C(c2ccc(F)nc2)c2ccccc2C1=O. The molecule has 0 spiro atoms. The first kappa shape index (κ1) is 12.5. The minimum Gasteiger partial charge on any atom is -0.577 e. The number of nitrogens with two attached hydrogens (primary N) is 1. The second-order valence-corrected chi connectivity index (χ2v) is 4.29. The van der Waals surface area contributed by atoms with Gasteiger partial charge < -0.3 is 5.21 Å². The number of carbonyl (C=O) groups is 1. The van der Waals surface area contributed by atoms with Crippen LogP contribution >= 0.6 is 0 Å². The lowest BCUT2D eigenvalue weighted by Gasteiger charge is -2.31. The number of carbonyl (C=O) groups excluding carboxylic acids is 1. The Bertz CT molecular complexity index is 725. The smallest absolute Gasteiger partial charge is 0.392 e. The van der Waals surface area contributed by atoms with Crippen molar-refractivity contribution >= 4 is 11.6 Å². The van der Waals surface area contributed by atoms with Crippen molar-refractivity contribution in [1.82, 2.24) is 4.98 Å². The Labute approximate surface area is 113 Å². The number of halogens is 1. The Morgan fingerprint density at radius 3 is 2.50 bits per heavy atom. The average Bonchev–Trinajstić information content (AvgIpc) is 2.44. The molecule has 0 saturated carbocycles. The highest BCUT2D eigenvalue weighted by Crippen LogP contribution is 2.24.